The van der Waals surface area contributed by atoms with Gasteiger partial charge in [-0.05, 0) is 55.3 Å². The van der Waals surface area contributed by atoms with Crippen LogP contribution >= 0.6 is 0 Å². The third-order valence-electron chi connectivity index (χ3n) is 7.05. The predicted molar refractivity (Wildman–Crippen MR) is 174 cm³/mol. The SMILES string of the molecule is CC(C)NC(=O)[C@H](Cc1ccccc1)N(Cc1ccccc1F)C(=O)CN(c1ccc(OCc2ccccc2)cc1)S(C)(=O)=O. The molecule has 4 aromatic carbocycles. The van der Waals surface area contributed by atoms with Crippen LogP contribution in [-0.4, -0.2) is 50.0 Å². The Morgan fingerprint density at radius 1 is 0.822 bits per heavy atom. The van der Waals surface area contributed by atoms with E-state index in [-0.39, 0.29) is 30.3 Å². The Hall–Kier alpha value is -4.70. The van der Waals surface area contributed by atoms with E-state index < -0.39 is 40.2 Å². The standard InChI is InChI=1S/C35H38FN3O5S/c1-26(2)37-35(41)33(22-27-12-6-4-7-13-27)38(23-29-16-10-11-17-32(29)36)34(40)24-39(45(3,42)43)30-18-20-31(21-19-30)44-25-28-14-8-5-9-15-28/h4-21,26,33H,22-25H2,1-3H3,(H,37,41)/t33-/m0/s1. The highest BCUT2D eigenvalue weighted by Crippen LogP contribution is 2.24. The third kappa shape index (κ3) is 9.64. The molecule has 8 nitrogen and oxygen atoms in total. The van der Waals surface area contributed by atoms with Crippen molar-refractivity contribution < 1.29 is 27.1 Å². The molecule has 0 aliphatic rings. The predicted octanol–water partition coefficient (Wildman–Crippen LogP) is 5.34. The van der Waals surface area contributed by atoms with E-state index in [0.29, 0.717) is 12.4 Å². The number of rotatable bonds is 14. The van der Waals surface area contributed by atoms with E-state index in [2.05, 4.69) is 5.32 Å². The van der Waals surface area contributed by atoms with Gasteiger partial charge in [0.15, 0.2) is 0 Å². The van der Waals surface area contributed by atoms with Gasteiger partial charge in [0.05, 0.1) is 11.9 Å². The second kappa shape index (κ2) is 15.3. The minimum absolute atomic E-state index is 0.145. The van der Waals surface area contributed by atoms with E-state index in [4.69, 9.17) is 4.74 Å². The summed E-state index contributed by atoms with van der Waals surface area (Å²) in [5.74, 6) is -1.10. The highest BCUT2D eigenvalue weighted by Gasteiger charge is 2.33. The molecule has 0 saturated carbocycles. The van der Waals surface area contributed by atoms with E-state index in [0.717, 1.165) is 21.7 Å². The zero-order valence-corrected chi connectivity index (χ0v) is 26.4. The molecule has 10 heteroatoms. The molecule has 4 rings (SSSR count). The summed E-state index contributed by atoms with van der Waals surface area (Å²) in [6, 6.07) is 29.9. The van der Waals surface area contributed by atoms with Crippen LogP contribution in [-0.2, 0) is 39.2 Å². The lowest BCUT2D eigenvalue weighted by atomic mass is 10.0. The molecule has 0 spiro atoms. The highest BCUT2D eigenvalue weighted by atomic mass is 32.2. The number of nitrogens with one attached hydrogen (secondary N) is 1. The lowest BCUT2D eigenvalue weighted by molar-refractivity contribution is -0.140. The van der Waals surface area contributed by atoms with Crippen LogP contribution in [0.3, 0.4) is 0 Å². The normalized spacial score (nSPS) is 11.9. The summed E-state index contributed by atoms with van der Waals surface area (Å²) in [4.78, 5) is 29.0. The van der Waals surface area contributed by atoms with Crippen molar-refractivity contribution in [3.8, 4) is 5.75 Å². The summed E-state index contributed by atoms with van der Waals surface area (Å²) in [6.07, 6.45) is 1.15. The van der Waals surface area contributed by atoms with Crippen molar-refractivity contribution in [2.45, 2.75) is 45.5 Å². The zero-order chi connectivity index (χ0) is 32.4. The van der Waals surface area contributed by atoms with E-state index in [1.54, 1.807) is 44.2 Å². The fraction of sp³-hybridized carbons (Fsp3) is 0.257. The molecule has 0 fully saturated rings. The molecule has 0 aromatic heterocycles. The van der Waals surface area contributed by atoms with Crippen molar-refractivity contribution in [3.63, 3.8) is 0 Å². The summed E-state index contributed by atoms with van der Waals surface area (Å²) in [5, 5.41) is 2.87. The molecule has 1 N–H and O–H groups in total. The monoisotopic (exact) mass is 631 g/mol. The molecule has 0 heterocycles. The first kappa shape index (κ1) is 33.2. The van der Waals surface area contributed by atoms with Crippen LogP contribution in [0.2, 0.25) is 0 Å². The molecule has 0 bridgehead atoms. The van der Waals surface area contributed by atoms with E-state index >= 15 is 0 Å². The van der Waals surface area contributed by atoms with E-state index in [9.17, 15) is 22.4 Å². The zero-order valence-electron chi connectivity index (χ0n) is 25.6. The number of nitrogens with zero attached hydrogens (tertiary/aromatic N) is 2. The quantitative estimate of drug-likeness (QED) is 0.203. The van der Waals surface area contributed by atoms with Gasteiger partial charge in [-0.2, -0.15) is 0 Å². The molecule has 0 radical (unpaired) electrons. The fourth-order valence-electron chi connectivity index (χ4n) is 4.81. The molecular weight excluding hydrogens is 593 g/mol. The Bertz CT molecular complexity index is 1670. The maximum absolute atomic E-state index is 14.9. The van der Waals surface area contributed by atoms with Crippen molar-refractivity contribution in [2.24, 2.45) is 0 Å². The minimum atomic E-state index is -3.95. The van der Waals surface area contributed by atoms with Crippen molar-refractivity contribution >= 4 is 27.5 Å². The number of amides is 2. The summed E-state index contributed by atoms with van der Waals surface area (Å²) < 4.78 is 47.7. The van der Waals surface area contributed by atoms with E-state index in [1.807, 2.05) is 60.7 Å². The molecule has 236 valence electrons. The Kier molecular flexibility index (Phi) is 11.3. The van der Waals surface area contributed by atoms with Crippen molar-refractivity contribution in [3.05, 3.63) is 132 Å². The molecule has 4 aromatic rings. The smallest absolute Gasteiger partial charge is 0.244 e. The number of hydrogen-bond donors (Lipinski definition) is 1. The molecule has 0 aliphatic carbocycles. The van der Waals surface area contributed by atoms with Crippen LogP contribution < -0.4 is 14.4 Å². The van der Waals surface area contributed by atoms with Crippen molar-refractivity contribution in [1.29, 1.82) is 0 Å². The molecule has 45 heavy (non-hydrogen) atoms. The first-order valence-electron chi connectivity index (χ1n) is 14.6. The molecule has 2 amide bonds. The number of carbonyl (C=O) groups is 2. The van der Waals surface area contributed by atoms with Crippen molar-refractivity contribution in [2.75, 3.05) is 17.1 Å². The number of halogens is 1. The molecule has 0 aliphatic heterocycles. The van der Waals surface area contributed by atoms with Gasteiger partial charge in [0.2, 0.25) is 21.8 Å². The average molecular weight is 632 g/mol. The van der Waals surface area contributed by atoms with Gasteiger partial charge in [-0.1, -0.05) is 78.9 Å². The molecule has 1 atom stereocenters. The van der Waals surface area contributed by atoms with Gasteiger partial charge in [0.25, 0.3) is 0 Å². The number of carbonyl (C=O) groups excluding carboxylic acids is 2. The topological polar surface area (TPSA) is 96.0 Å². The van der Waals surface area contributed by atoms with Crippen LogP contribution in [0.5, 0.6) is 5.75 Å². The summed E-state index contributed by atoms with van der Waals surface area (Å²) in [6.45, 7) is 3.11. The number of ether oxygens (including phenoxy) is 1. The minimum Gasteiger partial charge on any atom is -0.489 e. The Labute approximate surface area is 264 Å². The molecule has 0 saturated heterocycles. The van der Waals surface area contributed by atoms with Gasteiger partial charge in [-0.3, -0.25) is 13.9 Å². The van der Waals surface area contributed by atoms with Gasteiger partial charge >= 0.3 is 0 Å². The first-order valence-corrected chi connectivity index (χ1v) is 16.5. The van der Waals surface area contributed by atoms with Crippen LogP contribution in [0.1, 0.15) is 30.5 Å². The molecule has 0 unspecified atom stereocenters. The lowest BCUT2D eigenvalue weighted by Gasteiger charge is -2.34. The van der Waals surface area contributed by atoms with E-state index in [1.165, 1.54) is 23.1 Å². The maximum atomic E-state index is 14.9. The van der Waals surface area contributed by atoms with Crippen LogP contribution in [0.15, 0.2) is 109 Å². The Morgan fingerprint density at radius 3 is 1.98 bits per heavy atom. The fourth-order valence-corrected chi connectivity index (χ4v) is 5.66. The number of benzene rings is 4. The second-order valence-electron chi connectivity index (χ2n) is 11.0. The van der Waals surface area contributed by atoms with Crippen LogP contribution in [0.4, 0.5) is 10.1 Å². The maximum Gasteiger partial charge on any atom is 0.244 e. The highest BCUT2D eigenvalue weighted by molar-refractivity contribution is 7.92. The van der Waals surface area contributed by atoms with Crippen molar-refractivity contribution in [1.82, 2.24) is 10.2 Å². The number of anilines is 1. The van der Waals surface area contributed by atoms with Crippen LogP contribution in [0, 0.1) is 5.82 Å². The van der Waals surface area contributed by atoms with Crippen LogP contribution in [0.25, 0.3) is 0 Å². The molecular formula is C35H38FN3O5S. The average Bonchev–Trinajstić information content (AvgIpc) is 3.01. The first-order chi connectivity index (χ1) is 21.5. The summed E-state index contributed by atoms with van der Waals surface area (Å²) >= 11 is 0. The second-order valence-corrected chi connectivity index (χ2v) is 12.9. The summed E-state index contributed by atoms with van der Waals surface area (Å²) in [5.41, 5.74) is 2.22. The van der Waals surface area contributed by atoms with Gasteiger partial charge in [0, 0.05) is 24.6 Å². The van der Waals surface area contributed by atoms with Gasteiger partial charge < -0.3 is 15.0 Å². The van der Waals surface area contributed by atoms with Gasteiger partial charge in [-0.25, -0.2) is 12.8 Å². The van der Waals surface area contributed by atoms with Gasteiger partial charge in [0.1, 0.15) is 30.8 Å². The lowest BCUT2D eigenvalue weighted by Crippen LogP contribution is -2.54. The third-order valence-corrected chi connectivity index (χ3v) is 8.19. The van der Waals surface area contributed by atoms with Gasteiger partial charge in [-0.15, -0.1) is 0 Å². The number of hydrogen-bond acceptors (Lipinski definition) is 5. The Morgan fingerprint density at radius 2 is 1.40 bits per heavy atom. The largest absolute Gasteiger partial charge is 0.489 e. The number of sulfonamides is 1. The summed E-state index contributed by atoms with van der Waals surface area (Å²) in [7, 11) is -3.95. The Balaban J connectivity index is 1.65.